The third-order valence-corrected chi connectivity index (χ3v) is 13.9. The van der Waals surface area contributed by atoms with E-state index in [1.165, 1.54) is 16.3 Å². The summed E-state index contributed by atoms with van der Waals surface area (Å²) in [5, 5.41) is 27.2. The van der Waals surface area contributed by atoms with E-state index in [9.17, 15) is 19.5 Å². The van der Waals surface area contributed by atoms with Gasteiger partial charge in [-0.2, -0.15) is 10.1 Å². The van der Waals surface area contributed by atoms with Crippen molar-refractivity contribution in [3.8, 4) is 5.75 Å². The van der Waals surface area contributed by atoms with Crippen molar-refractivity contribution in [3.63, 3.8) is 0 Å². The number of aromatic nitrogens is 5. The second kappa shape index (κ2) is 15.4. The molecule has 5 aliphatic rings. The molecule has 4 fully saturated rings. The third-order valence-electron chi connectivity index (χ3n) is 13.6. The van der Waals surface area contributed by atoms with Crippen LogP contribution < -0.4 is 31.1 Å². The number of imide groups is 1. The van der Waals surface area contributed by atoms with E-state index in [4.69, 9.17) is 26.4 Å². The quantitative estimate of drug-likeness (QED) is 0.143. The summed E-state index contributed by atoms with van der Waals surface area (Å²) in [7, 11) is 3.51. The SMILES string of the molecule is Cn1nc(C2CCC(=O)NC2=O)c2cccc(C3CCN(CC4(O)CCN(c5ncc(Cl)c(Nc6ccc7c(c6)c6c(c(=O)n7C)OCC(F)(F)C(C7CC7)N6)n5)CC4)CC3)c21. The van der Waals surface area contributed by atoms with Gasteiger partial charge < -0.3 is 34.8 Å². The monoisotopic (exact) mass is 870 g/mol. The van der Waals surface area contributed by atoms with Gasteiger partial charge in [-0.25, -0.2) is 13.8 Å². The number of hydrogen-bond acceptors (Lipinski definition) is 12. The lowest BCUT2D eigenvalue weighted by Crippen LogP contribution is -2.52. The van der Waals surface area contributed by atoms with Crippen molar-refractivity contribution in [2.45, 2.75) is 80.8 Å². The second-order valence-electron chi connectivity index (χ2n) is 17.8. The first-order valence-electron chi connectivity index (χ1n) is 21.5. The van der Waals surface area contributed by atoms with Gasteiger partial charge in [-0.15, -0.1) is 0 Å². The summed E-state index contributed by atoms with van der Waals surface area (Å²) in [6.07, 6.45) is 6.58. The standard InChI is InChI=1S/C44H49ClF2N10O5/c1-54-32-10-8-26(20-30(32)35-37(41(54)60)62-23-44(46,47)38(51-35)25-6-7-25)49-39-31(45)21-48-42(52-39)57-18-14-43(61,15-19-57)22-56-16-12-24(13-17-56)27-4-3-5-28-34(53-55(2)36(27)28)29-9-11-33(58)50-40(29)59/h3-5,8,10,20-21,24-25,29,38,51,61H,6-7,9,11-19,22-23H2,1-2H3,(H,48,49,52)(H,50,58,59). The van der Waals surface area contributed by atoms with Gasteiger partial charge in [0.15, 0.2) is 12.4 Å². The number of pyridine rings is 1. The molecule has 0 radical (unpaired) electrons. The Kier molecular flexibility index (Phi) is 10.1. The van der Waals surface area contributed by atoms with Crippen molar-refractivity contribution in [1.82, 2.24) is 34.5 Å². The molecule has 4 N–H and O–H groups in total. The van der Waals surface area contributed by atoms with E-state index < -0.39 is 35.6 Å². The number of carbonyl (C=O) groups excluding carboxylic acids is 2. The smallest absolute Gasteiger partial charge is 0.301 e. The molecule has 2 atom stereocenters. The molecular formula is C44H49ClF2N10O5. The van der Waals surface area contributed by atoms with Crippen LogP contribution in [-0.2, 0) is 23.7 Å². The summed E-state index contributed by atoms with van der Waals surface area (Å²) >= 11 is 6.62. The number of hydrogen-bond donors (Lipinski definition) is 4. The molecular weight excluding hydrogens is 822 g/mol. The zero-order valence-corrected chi connectivity index (χ0v) is 35.4. The number of fused-ring (bicyclic) bond motifs is 4. The number of aryl methyl sites for hydroxylation is 2. The van der Waals surface area contributed by atoms with Gasteiger partial charge in [-0.05, 0) is 93.6 Å². The van der Waals surface area contributed by atoms with Crippen LogP contribution in [0.15, 0.2) is 47.4 Å². The number of para-hydroxylation sites is 1. The number of benzene rings is 2. The number of anilines is 4. The van der Waals surface area contributed by atoms with Crippen molar-refractivity contribution >= 4 is 68.4 Å². The Hall–Kier alpha value is -5.39. The van der Waals surface area contributed by atoms with E-state index in [2.05, 4.69) is 31.9 Å². The van der Waals surface area contributed by atoms with Crippen LogP contribution in [-0.4, -0.2) is 103 Å². The zero-order chi connectivity index (χ0) is 43.1. The minimum absolute atomic E-state index is 0.126. The van der Waals surface area contributed by atoms with Gasteiger partial charge in [0.25, 0.3) is 5.56 Å². The minimum Gasteiger partial charge on any atom is -0.480 e. The molecule has 10 rings (SSSR count). The lowest BCUT2D eigenvalue weighted by Gasteiger charge is -2.42. The number of nitrogens with one attached hydrogen (secondary N) is 3. The summed E-state index contributed by atoms with van der Waals surface area (Å²) in [5.74, 6) is -3.33. The Morgan fingerprint density at radius 3 is 2.52 bits per heavy atom. The van der Waals surface area contributed by atoms with Gasteiger partial charge in [0.1, 0.15) is 5.02 Å². The van der Waals surface area contributed by atoms with Gasteiger partial charge in [-0.3, -0.25) is 24.4 Å². The first-order valence-corrected chi connectivity index (χ1v) is 21.9. The summed E-state index contributed by atoms with van der Waals surface area (Å²) in [6.45, 7) is 2.45. The number of piperidine rings is 3. The molecule has 326 valence electrons. The number of amides is 2. The molecule has 1 aliphatic carbocycles. The van der Waals surface area contributed by atoms with E-state index in [0.717, 1.165) is 42.5 Å². The minimum atomic E-state index is -3.15. The highest BCUT2D eigenvalue weighted by molar-refractivity contribution is 6.33. The predicted molar refractivity (Wildman–Crippen MR) is 231 cm³/mol. The first-order chi connectivity index (χ1) is 29.7. The highest BCUT2D eigenvalue weighted by Gasteiger charge is 2.51. The normalized spacial score (nSPS) is 23.1. The maximum absolute atomic E-state index is 15.2. The van der Waals surface area contributed by atoms with Gasteiger partial charge in [0, 0.05) is 56.6 Å². The van der Waals surface area contributed by atoms with Crippen molar-refractivity contribution in [2.75, 3.05) is 54.9 Å². The largest absolute Gasteiger partial charge is 0.480 e. The van der Waals surface area contributed by atoms with Crippen LogP contribution in [0.4, 0.5) is 31.9 Å². The Balaban J connectivity index is 0.790. The Bertz CT molecular complexity index is 2670. The summed E-state index contributed by atoms with van der Waals surface area (Å²) < 4.78 is 39.1. The maximum Gasteiger partial charge on any atom is 0.301 e. The highest BCUT2D eigenvalue weighted by Crippen LogP contribution is 2.46. The molecule has 5 aromatic rings. The molecule has 62 heavy (non-hydrogen) atoms. The highest BCUT2D eigenvalue weighted by atomic mass is 35.5. The summed E-state index contributed by atoms with van der Waals surface area (Å²) in [6, 6.07) is 10.4. The van der Waals surface area contributed by atoms with Crippen LogP contribution >= 0.6 is 11.6 Å². The third kappa shape index (κ3) is 7.40. The number of halogens is 3. The number of β-amino-alcohol motifs (C(OH)–C–C–N with tert-alkyl or cyclic N) is 1. The number of rotatable bonds is 8. The number of aliphatic hydroxyl groups is 1. The first kappa shape index (κ1) is 40.7. The molecule has 2 amide bonds. The molecule has 15 nitrogen and oxygen atoms in total. The average Bonchev–Trinajstić information content (AvgIpc) is 4.05. The van der Waals surface area contributed by atoms with Crippen LogP contribution in [0.25, 0.3) is 21.8 Å². The van der Waals surface area contributed by atoms with E-state index >= 15 is 8.78 Å². The second-order valence-corrected chi connectivity index (χ2v) is 18.2. The molecule has 2 aromatic carbocycles. The van der Waals surface area contributed by atoms with Crippen molar-refractivity contribution in [3.05, 3.63) is 69.2 Å². The van der Waals surface area contributed by atoms with E-state index in [-0.39, 0.29) is 34.2 Å². The Morgan fingerprint density at radius 1 is 1.00 bits per heavy atom. The predicted octanol–water partition coefficient (Wildman–Crippen LogP) is 5.56. The number of nitrogens with zero attached hydrogens (tertiary/aromatic N) is 7. The van der Waals surface area contributed by atoms with Crippen LogP contribution in [0.3, 0.4) is 0 Å². The van der Waals surface area contributed by atoms with Crippen molar-refractivity contribution in [1.29, 1.82) is 0 Å². The molecule has 4 aliphatic heterocycles. The zero-order valence-electron chi connectivity index (χ0n) is 34.6. The van der Waals surface area contributed by atoms with Gasteiger partial charge in [0.2, 0.25) is 23.5 Å². The Labute approximate surface area is 360 Å². The summed E-state index contributed by atoms with van der Waals surface area (Å²) in [4.78, 5) is 51.5. The lowest BCUT2D eigenvalue weighted by atomic mass is 9.85. The topological polar surface area (TPSA) is 172 Å². The molecule has 1 saturated carbocycles. The van der Waals surface area contributed by atoms with Crippen LogP contribution in [0.5, 0.6) is 5.75 Å². The maximum atomic E-state index is 15.2. The van der Waals surface area contributed by atoms with Crippen LogP contribution in [0.1, 0.15) is 74.5 Å². The molecule has 3 saturated heterocycles. The van der Waals surface area contributed by atoms with E-state index in [1.54, 1.807) is 25.2 Å². The fraction of sp³-hybridized carbons (Fsp3) is 0.500. The van der Waals surface area contributed by atoms with Gasteiger partial charge >= 0.3 is 5.92 Å². The molecule has 7 heterocycles. The van der Waals surface area contributed by atoms with Crippen molar-refractivity contribution < 1.29 is 28.2 Å². The molecule has 0 spiro atoms. The van der Waals surface area contributed by atoms with E-state index in [0.29, 0.717) is 92.4 Å². The number of alkyl halides is 2. The van der Waals surface area contributed by atoms with Gasteiger partial charge in [-0.1, -0.05) is 29.8 Å². The Morgan fingerprint density at radius 2 is 1.77 bits per heavy atom. The van der Waals surface area contributed by atoms with Gasteiger partial charge in [0.05, 0.1) is 46.2 Å². The fourth-order valence-corrected chi connectivity index (χ4v) is 10.2. The summed E-state index contributed by atoms with van der Waals surface area (Å²) in [5.41, 5.74) is 2.98. The van der Waals surface area contributed by atoms with Crippen LogP contribution in [0, 0.1) is 5.92 Å². The number of likely N-dealkylation sites (tertiary alicyclic amines) is 1. The number of carbonyl (C=O) groups is 2. The van der Waals surface area contributed by atoms with Crippen molar-refractivity contribution in [2.24, 2.45) is 20.0 Å². The fourth-order valence-electron chi connectivity index (χ4n) is 10.1. The molecule has 18 heteroatoms. The average molecular weight is 871 g/mol. The number of ether oxygens (including phenoxy) is 1. The molecule has 3 aromatic heterocycles. The van der Waals surface area contributed by atoms with E-state index in [1.807, 2.05) is 28.8 Å². The van der Waals surface area contributed by atoms with Crippen LogP contribution in [0.2, 0.25) is 5.02 Å². The lowest BCUT2D eigenvalue weighted by molar-refractivity contribution is -0.134. The molecule has 0 bridgehead atoms. The molecule has 2 unspecified atom stereocenters.